The van der Waals surface area contributed by atoms with Crippen molar-refractivity contribution in [1.29, 1.82) is 0 Å². The van der Waals surface area contributed by atoms with Crippen LogP contribution >= 0.6 is 11.8 Å². The largest absolute Gasteiger partial charge is 0.453 e. The maximum absolute atomic E-state index is 11.1. The Morgan fingerprint density at radius 2 is 2.00 bits per heavy atom. The summed E-state index contributed by atoms with van der Waals surface area (Å²) in [6.45, 7) is 0. The smallest absolute Gasteiger partial charge is 0.413 e. The molecule has 0 unspecified atom stereocenters. The molecule has 0 bridgehead atoms. The number of aromatic amines is 1. The number of carbonyl (C=O) groups excluding carboxylic acids is 1. The highest BCUT2D eigenvalue weighted by molar-refractivity contribution is 7.99. The molecule has 0 aliphatic carbocycles. The zero-order valence-electron chi connectivity index (χ0n) is 11.2. The van der Waals surface area contributed by atoms with Crippen LogP contribution in [0.15, 0.2) is 52.4 Å². The summed E-state index contributed by atoms with van der Waals surface area (Å²) in [5, 5.41) is 3.31. The molecule has 0 radical (unpaired) electrons. The van der Waals surface area contributed by atoms with Crippen LogP contribution in [-0.2, 0) is 4.74 Å². The summed E-state index contributed by atoms with van der Waals surface area (Å²) in [6.07, 6.45) is -0.576. The van der Waals surface area contributed by atoms with Crippen LogP contribution in [-0.4, -0.2) is 28.2 Å². The molecule has 0 saturated carbocycles. The molecule has 0 fully saturated rings. The van der Waals surface area contributed by atoms with Crippen LogP contribution in [0.2, 0.25) is 0 Å². The van der Waals surface area contributed by atoms with Gasteiger partial charge in [-0.05, 0) is 24.3 Å². The lowest BCUT2D eigenvalue weighted by atomic mass is 10.4. The van der Waals surface area contributed by atoms with Gasteiger partial charge < -0.3 is 9.72 Å². The average molecular weight is 300 g/mol. The number of ether oxygens (including phenoxy) is 1. The second kappa shape index (κ2) is 5.84. The molecule has 3 rings (SSSR count). The summed E-state index contributed by atoms with van der Waals surface area (Å²) < 4.78 is 4.52. The van der Waals surface area contributed by atoms with Gasteiger partial charge >= 0.3 is 6.09 Å². The molecule has 0 saturated heterocycles. The minimum atomic E-state index is -0.576. The fraction of sp³-hybridized carbons (Fsp3) is 0.0714. The van der Waals surface area contributed by atoms with E-state index in [4.69, 9.17) is 0 Å². The second-order valence-corrected chi connectivity index (χ2v) is 5.23. The molecule has 0 aliphatic rings. The SMILES string of the molecule is COC(=O)Nc1nc2nc(Sc3ccccc3)ccc2[nH]1. The van der Waals surface area contributed by atoms with Crippen molar-refractivity contribution in [2.24, 2.45) is 0 Å². The molecule has 1 amide bonds. The molecule has 2 N–H and O–H groups in total. The summed E-state index contributed by atoms with van der Waals surface area (Å²) in [5.41, 5.74) is 1.29. The Labute approximate surface area is 124 Å². The van der Waals surface area contributed by atoms with Gasteiger partial charge in [0, 0.05) is 4.90 Å². The Balaban J connectivity index is 1.84. The van der Waals surface area contributed by atoms with Gasteiger partial charge in [0.15, 0.2) is 5.65 Å². The Hall–Kier alpha value is -2.54. The number of hydrogen-bond acceptors (Lipinski definition) is 5. The molecule has 7 heteroatoms. The molecule has 0 spiro atoms. The molecule has 2 heterocycles. The van der Waals surface area contributed by atoms with Crippen molar-refractivity contribution in [2.75, 3.05) is 12.4 Å². The number of amides is 1. The fourth-order valence-corrected chi connectivity index (χ4v) is 2.55. The third-order valence-corrected chi connectivity index (χ3v) is 3.64. The van der Waals surface area contributed by atoms with Gasteiger partial charge in [-0.3, -0.25) is 5.32 Å². The molecule has 106 valence electrons. The lowest BCUT2D eigenvalue weighted by Gasteiger charge is -1.99. The van der Waals surface area contributed by atoms with Gasteiger partial charge in [0.1, 0.15) is 5.03 Å². The highest BCUT2D eigenvalue weighted by Gasteiger charge is 2.08. The first-order chi connectivity index (χ1) is 10.2. The first-order valence-electron chi connectivity index (χ1n) is 6.19. The van der Waals surface area contributed by atoms with Gasteiger partial charge in [0.05, 0.1) is 12.6 Å². The van der Waals surface area contributed by atoms with Crippen LogP contribution in [0.5, 0.6) is 0 Å². The third kappa shape index (κ3) is 3.14. The summed E-state index contributed by atoms with van der Waals surface area (Å²) in [6, 6.07) is 13.8. The molecule has 0 atom stereocenters. The van der Waals surface area contributed by atoms with E-state index in [0.717, 1.165) is 15.4 Å². The monoisotopic (exact) mass is 300 g/mol. The maximum atomic E-state index is 11.1. The Morgan fingerprint density at radius 3 is 2.76 bits per heavy atom. The van der Waals surface area contributed by atoms with Gasteiger partial charge in [-0.1, -0.05) is 30.0 Å². The summed E-state index contributed by atoms with van der Waals surface area (Å²) >= 11 is 1.55. The van der Waals surface area contributed by atoms with Crippen LogP contribution in [0.4, 0.5) is 10.7 Å². The number of anilines is 1. The third-order valence-electron chi connectivity index (χ3n) is 2.69. The van der Waals surface area contributed by atoms with Gasteiger partial charge in [0.2, 0.25) is 5.95 Å². The number of nitrogens with zero attached hydrogens (tertiary/aromatic N) is 2. The van der Waals surface area contributed by atoms with Crippen molar-refractivity contribution in [1.82, 2.24) is 15.0 Å². The number of hydrogen-bond donors (Lipinski definition) is 2. The number of carbonyl (C=O) groups is 1. The molecule has 6 nitrogen and oxygen atoms in total. The van der Waals surface area contributed by atoms with Crippen LogP contribution in [0, 0.1) is 0 Å². The summed E-state index contributed by atoms with van der Waals surface area (Å²) in [7, 11) is 1.30. The van der Waals surface area contributed by atoms with Crippen LogP contribution in [0.1, 0.15) is 0 Å². The quantitative estimate of drug-likeness (QED) is 0.776. The number of fused-ring (bicyclic) bond motifs is 1. The number of H-pyrrole nitrogens is 1. The van der Waals surface area contributed by atoms with Gasteiger partial charge in [-0.15, -0.1) is 0 Å². The zero-order valence-corrected chi connectivity index (χ0v) is 12.0. The predicted octanol–water partition coefficient (Wildman–Crippen LogP) is 3.29. The fourth-order valence-electron chi connectivity index (χ4n) is 1.75. The number of benzene rings is 1. The van der Waals surface area contributed by atoms with E-state index >= 15 is 0 Å². The van der Waals surface area contributed by atoms with E-state index in [0.29, 0.717) is 11.6 Å². The van der Waals surface area contributed by atoms with Crippen LogP contribution in [0.3, 0.4) is 0 Å². The van der Waals surface area contributed by atoms with Crippen molar-refractivity contribution >= 4 is 35.0 Å². The molecule has 2 aromatic heterocycles. The first-order valence-corrected chi connectivity index (χ1v) is 7.01. The second-order valence-electron chi connectivity index (χ2n) is 4.14. The summed E-state index contributed by atoms with van der Waals surface area (Å²) in [4.78, 5) is 23.9. The van der Waals surface area contributed by atoms with Gasteiger partial charge in [-0.25, -0.2) is 9.78 Å². The van der Waals surface area contributed by atoms with E-state index in [2.05, 4.69) is 25.0 Å². The molecule has 0 aliphatic heterocycles. The van der Waals surface area contributed by atoms with E-state index in [1.165, 1.54) is 7.11 Å². The molecular weight excluding hydrogens is 288 g/mol. The van der Waals surface area contributed by atoms with E-state index in [9.17, 15) is 4.79 Å². The van der Waals surface area contributed by atoms with Crippen molar-refractivity contribution < 1.29 is 9.53 Å². The number of aromatic nitrogens is 3. The first kappa shape index (κ1) is 13.4. The zero-order chi connectivity index (χ0) is 14.7. The maximum Gasteiger partial charge on any atom is 0.413 e. The Kier molecular flexibility index (Phi) is 3.74. The van der Waals surface area contributed by atoms with Crippen molar-refractivity contribution in [2.45, 2.75) is 9.92 Å². The minimum Gasteiger partial charge on any atom is -0.453 e. The number of imidazole rings is 1. The van der Waals surface area contributed by atoms with Gasteiger partial charge in [0.25, 0.3) is 0 Å². The number of pyridine rings is 1. The van der Waals surface area contributed by atoms with E-state index in [1.807, 2.05) is 42.5 Å². The van der Waals surface area contributed by atoms with Crippen molar-refractivity contribution in [3.63, 3.8) is 0 Å². The summed E-state index contributed by atoms with van der Waals surface area (Å²) in [5.74, 6) is 0.311. The van der Waals surface area contributed by atoms with E-state index < -0.39 is 6.09 Å². The number of nitrogens with one attached hydrogen (secondary N) is 2. The Bertz CT molecular complexity index is 773. The van der Waals surface area contributed by atoms with Gasteiger partial charge in [-0.2, -0.15) is 4.98 Å². The normalized spacial score (nSPS) is 10.5. The highest BCUT2D eigenvalue weighted by atomic mass is 32.2. The topological polar surface area (TPSA) is 79.9 Å². The lowest BCUT2D eigenvalue weighted by molar-refractivity contribution is 0.186. The van der Waals surface area contributed by atoms with Crippen molar-refractivity contribution in [3.8, 4) is 0 Å². The number of methoxy groups -OCH3 is 1. The number of rotatable bonds is 3. The molecule has 21 heavy (non-hydrogen) atoms. The highest BCUT2D eigenvalue weighted by Crippen LogP contribution is 2.27. The average Bonchev–Trinajstić information content (AvgIpc) is 2.89. The minimum absolute atomic E-state index is 0.311. The molecular formula is C14H12N4O2S. The Morgan fingerprint density at radius 1 is 1.19 bits per heavy atom. The van der Waals surface area contributed by atoms with Crippen LogP contribution < -0.4 is 5.32 Å². The molecule has 1 aromatic carbocycles. The van der Waals surface area contributed by atoms with E-state index in [-0.39, 0.29) is 0 Å². The predicted molar refractivity (Wildman–Crippen MR) is 80.5 cm³/mol. The van der Waals surface area contributed by atoms with E-state index in [1.54, 1.807) is 11.8 Å². The van der Waals surface area contributed by atoms with Crippen molar-refractivity contribution in [3.05, 3.63) is 42.5 Å². The molecule has 3 aromatic rings. The lowest BCUT2D eigenvalue weighted by Crippen LogP contribution is -2.11. The van der Waals surface area contributed by atoms with Crippen LogP contribution in [0.25, 0.3) is 11.2 Å². The standard InChI is InChI=1S/C14H12N4O2S/c1-20-14(19)18-13-15-10-7-8-11(16-12(10)17-13)21-9-5-3-2-4-6-9/h2-8H,1H3,(H2,15,16,17,18,19).